The van der Waals surface area contributed by atoms with Gasteiger partial charge in [0.2, 0.25) is 0 Å². The molecule has 0 aliphatic heterocycles. The fraction of sp³-hybridized carbons (Fsp3) is 0.294. The average Bonchev–Trinajstić information content (AvgIpc) is 2.45. The third-order valence-electron chi connectivity index (χ3n) is 3.25. The van der Waals surface area contributed by atoms with E-state index in [4.69, 9.17) is 0 Å². The Morgan fingerprint density at radius 2 is 1.95 bits per heavy atom. The van der Waals surface area contributed by atoms with Gasteiger partial charge in [-0.1, -0.05) is 43.7 Å². The number of aryl methyl sites for hydroxylation is 1. The van der Waals surface area contributed by atoms with Gasteiger partial charge >= 0.3 is 0 Å². The van der Waals surface area contributed by atoms with Crippen molar-refractivity contribution in [1.29, 1.82) is 0 Å². The normalized spacial score (nSPS) is 12.1. The van der Waals surface area contributed by atoms with Gasteiger partial charge in [-0.15, -0.1) is 0 Å². The number of pyridine rings is 1. The van der Waals surface area contributed by atoms with E-state index in [1.807, 2.05) is 49.4 Å². The van der Waals surface area contributed by atoms with Crippen LogP contribution in [-0.4, -0.2) is 10.8 Å². The van der Waals surface area contributed by atoms with Crippen LogP contribution in [0.3, 0.4) is 0 Å². The number of benzene rings is 1. The van der Waals surface area contributed by atoms with Crippen LogP contribution >= 0.6 is 0 Å². The first-order chi connectivity index (χ1) is 9.22. The molecule has 2 heteroatoms. The predicted octanol–water partition coefficient (Wildman–Crippen LogP) is 4.16. The van der Waals surface area contributed by atoms with Crippen LogP contribution in [0.2, 0.25) is 0 Å². The molecule has 19 heavy (non-hydrogen) atoms. The van der Waals surface area contributed by atoms with E-state index in [1.165, 1.54) is 0 Å². The fourth-order valence-corrected chi connectivity index (χ4v) is 2.26. The first-order valence-electron chi connectivity index (χ1n) is 6.74. The van der Waals surface area contributed by atoms with Crippen LogP contribution in [0.25, 0.3) is 0 Å². The highest BCUT2D eigenvalue weighted by Gasteiger charge is 2.22. The van der Waals surface area contributed by atoms with Crippen LogP contribution < -0.4 is 0 Å². The Hall–Kier alpha value is -1.96. The van der Waals surface area contributed by atoms with Gasteiger partial charge in [0, 0.05) is 11.8 Å². The number of hydrogen-bond donors (Lipinski definition) is 0. The smallest absolute Gasteiger partial charge is 0.171 e. The molecule has 0 fully saturated rings. The fourth-order valence-electron chi connectivity index (χ4n) is 2.26. The highest BCUT2D eigenvalue weighted by Crippen LogP contribution is 2.24. The number of rotatable bonds is 5. The molecule has 0 saturated carbocycles. The maximum absolute atomic E-state index is 12.6. The number of ketones is 1. The van der Waals surface area contributed by atoms with Crippen LogP contribution in [0.15, 0.2) is 48.7 Å². The van der Waals surface area contributed by atoms with Gasteiger partial charge in [0.15, 0.2) is 5.78 Å². The lowest BCUT2D eigenvalue weighted by Gasteiger charge is -2.15. The highest BCUT2D eigenvalue weighted by molar-refractivity contribution is 6.00. The Labute approximate surface area is 114 Å². The molecule has 2 rings (SSSR count). The van der Waals surface area contributed by atoms with Crippen LogP contribution in [0.1, 0.15) is 47.3 Å². The van der Waals surface area contributed by atoms with E-state index in [2.05, 4.69) is 11.9 Å². The molecule has 0 bridgehead atoms. The van der Waals surface area contributed by atoms with Gasteiger partial charge in [0.1, 0.15) is 0 Å². The molecule has 1 aromatic carbocycles. The molecule has 1 atom stereocenters. The number of carbonyl (C=O) groups excluding carboxylic acids is 1. The molecular weight excluding hydrogens is 234 g/mol. The molecule has 0 unspecified atom stereocenters. The Morgan fingerprint density at radius 3 is 2.58 bits per heavy atom. The summed E-state index contributed by atoms with van der Waals surface area (Å²) in [6.07, 6.45) is 3.59. The molecule has 2 nitrogen and oxygen atoms in total. The van der Waals surface area contributed by atoms with Crippen LogP contribution in [0.5, 0.6) is 0 Å². The van der Waals surface area contributed by atoms with Crippen molar-refractivity contribution in [3.63, 3.8) is 0 Å². The average molecular weight is 253 g/mol. The molecule has 0 amide bonds. The van der Waals surface area contributed by atoms with Gasteiger partial charge in [-0.05, 0) is 31.0 Å². The lowest BCUT2D eigenvalue weighted by molar-refractivity contribution is 0.0953. The van der Waals surface area contributed by atoms with Gasteiger partial charge in [-0.25, -0.2) is 0 Å². The second-order valence-electron chi connectivity index (χ2n) is 4.83. The second-order valence-corrected chi connectivity index (χ2v) is 4.83. The summed E-state index contributed by atoms with van der Waals surface area (Å²) in [5, 5.41) is 0. The van der Waals surface area contributed by atoms with E-state index in [0.29, 0.717) is 0 Å². The van der Waals surface area contributed by atoms with Crippen LogP contribution in [0, 0.1) is 6.92 Å². The molecule has 0 radical (unpaired) electrons. The number of carbonyl (C=O) groups is 1. The molecule has 1 heterocycles. The van der Waals surface area contributed by atoms with E-state index in [0.717, 1.165) is 29.7 Å². The Kier molecular flexibility index (Phi) is 4.45. The van der Waals surface area contributed by atoms with Crippen molar-refractivity contribution in [2.45, 2.75) is 32.6 Å². The largest absolute Gasteiger partial charge is 0.293 e. The summed E-state index contributed by atoms with van der Waals surface area (Å²) in [4.78, 5) is 17.0. The number of nitrogens with zero attached hydrogens (tertiary/aromatic N) is 1. The van der Waals surface area contributed by atoms with Crippen molar-refractivity contribution < 1.29 is 4.79 Å². The third kappa shape index (κ3) is 3.28. The Morgan fingerprint density at radius 1 is 1.21 bits per heavy atom. The predicted molar refractivity (Wildman–Crippen MR) is 77.4 cm³/mol. The summed E-state index contributed by atoms with van der Waals surface area (Å²) in [5.74, 6) is 0.0350. The molecule has 0 spiro atoms. The Balaban J connectivity index is 2.33. The molecular formula is C17H19NO. The van der Waals surface area contributed by atoms with E-state index in [9.17, 15) is 4.79 Å². The monoisotopic (exact) mass is 253 g/mol. The molecule has 1 aromatic heterocycles. The van der Waals surface area contributed by atoms with Crippen molar-refractivity contribution in [3.05, 3.63) is 65.5 Å². The van der Waals surface area contributed by atoms with Gasteiger partial charge in [0.25, 0.3) is 0 Å². The van der Waals surface area contributed by atoms with Crippen molar-refractivity contribution in [1.82, 2.24) is 4.98 Å². The molecule has 2 aromatic rings. The highest BCUT2D eigenvalue weighted by atomic mass is 16.1. The van der Waals surface area contributed by atoms with Crippen LogP contribution in [-0.2, 0) is 0 Å². The van der Waals surface area contributed by atoms with E-state index in [-0.39, 0.29) is 11.7 Å². The minimum atomic E-state index is -0.132. The molecule has 0 aliphatic carbocycles. The van der Waals surface area contributed by atoms with Gasteiger partial charge < -0.3 is 0 Å². The Bertz CT molecular complexity index is 548. The summed E-state index contributed by atoms with van der Waals surface area (Å²) < 4.78 is 0. The molecule has 0 saturated heterocycles. The van der Waals surface area contributed by atoms with Crippen LogP contribution in [0.4, 0.5) is 0 Å². The van der Waals surface area contributed by atoms with E-state index in [1.54, 1.807) is 6.20 Å². The number of Topliss-reactive ketones (excluding diaryl/α,β-unsaturated/α-hetero) is 1. The van der Waals surface area contributed by atoms with Gasteiger partial charge in [-0.3, -0.25) is 9.78 Å². The first-order valence-corrected chi connectivity index (χ1v) is 6.74. The minimum Gasteiger partial charge on any atom is -0.293 e. The molecule has 0 aliphatic rings. The van der Waals surface area contributed by atoms with Gasteiger partial charge in [-0.2, -0.15) is 0 Å². The van der Waals surface area contributed by atoms with Crippen molar-refractivity contribution >= 4 is 5.78 Å². The van der Waals surface area contributed by atoms with Crippen molar-refractivity contribution in [2.75, 3.05) is 0 Å². The molecule has 98 valence electrons. The lowest BCUT2D eigenvalue weighted by atomic mass is 9.90. The summed E-state index contributed by atoms with van der Waals surface area (Å²) in [7, 11) is 0. The number of hydrogen-bond acceptors (Lipinski definition) is 2. The maximum atomic E-state index is 12.6. The van der Waals surface area contributed by atoms with E-state index >= 15 is 0 Å². The lowest BCUT2D eigenvalue weighted by Crippen LogP contribution is -2.14. The summed E-state index contributed by atoms with van der Waals surface area (Å²) in [5.41, 5.74) is 2.80. The van der Waals surface area contributed by atoms with E-state index < -0.39 is 0 Å². The first kappa shape index (κ1) is 13.5. The zero-order valence-electron chi connectivity index (χ0n) is 11.5. The topological polar surface area (TPSA) is 30.0 Å². The minimum absolute atomic E-state index is 0.132. The van der Waals surface area contributed by atoms with Crippen molar-refractivity contribution in [3.8, 4) is 0 Å². The SMILES string of the molecule is CCC[C@H](C(=O)c1ccccc1)c1cc(C)ccn1. The molecule has 0 N–H and O–H groups in total. The van der Waals surface area contributed by atoms with Crippen molar-refractivity contribution in [2.24, 2.45) is 0 Å². The maximum Gasteiger partial charge on any atom is 0.171 e. The number of aromatic nitrogens is 1. The zero-order chi connectivity index (χ0) is 13.7. The second kappa shape index (κ2) is 6.28. The summed E-state index contributed by atoms with van der Waals surface area (Å²) in [6, 6.07) is 13.5. The zero-order valence-corrected chi connectivity index (χ0v) is 11.5. The summed E-state index contributed by atoms with van der Waals surface area (Å²) >= 11 is 0. The quantitative estimate of drug-likeness (QED) is 0.749. The van der Waals surface area contributed by atoms with Gasteiger partial charge in [0.05, 0.1) is 11.6 Å². The third-order valence-corrected chi connectivity index (χ3v) is 3.25. The standard InChI is InChI=1S/C17H19NO/c1-3-7-15(16-12-13(2)10-11-18-16)17(19)14-8-5-4-6-9-14/h4-6,8-12,15H,3,7H2,1-2H3/t15-/m0/s1. The summed E-state index contributed by atoms with van der Waals surface area (Å²) in [6.45, 7) is 4.13.